The topological polar surface area (TPSA) is 72.9 Å². The van der Waals surface area contributed by atoms with Crippen LogP contribution in [0.5, 0.6) is 0 Å². The number of imidazole rings is 1. The molecule has 5 heteroatoms. The normalized spacial score (nSPS) is 12.9. The van der Waals surface area contributed by atoms with Crippen LogP contribution in [0.1, 0.15) is 19.7 Å². The van der Waals surface area contributed by atoms with Crippen LogP contribution in [0.15, 0.2) is 12.4 Å². The third-order valence-electron chi connectivity index (χ3n) is 2.36. The van der Waals surface area contributed by atoms with Crippen LogP contribution in [0.25, 0.3) is 0 Å². The lowest BCUT2D eigenvalue weighted by atomic mass is 10.1. The Bertz CT molecular complexity index is 332. The first kappa shape index (κ1) is 11.7. The van der Waals surface area contributed by atoms with Gasteiger partial charge in [-0.2, -0.15) is 0 Å². The highest BCUT2D eigenvalue weighted by Gasteiger charge is 2.16. The van der Waals surface area contributed by atoms with E-state index < -0.39 is 6.04 Å². The zero-order valence-electron chi connectivity index (χ0n) is 9.40. The van der Waals surface area contributed by atoms with Gasteiger partial charge < -0.3 is 15.6 Å². The molecule has 0 spiro atoms. The van der Waals surface area contributed by atoms with Crippen LogP contribution in [0.2, 0.25) is 0 Å². The molecule has 0 aromatic carbocycles. The summed E-state index contributed by atoms with van der Waals surface area (Å²) in [6.07, 6.45) is 3.54. The Kier molecular flexibility index (Phi) is 3.85. The zero-order valence-corrected chi connectivity index (χ0v) is 9.40. The number of amides is 1. The van der Waals surface area contributed by atoms with Crippen molar-refractivity contribution < 1.29 is 4.79 Å². The van der Waals surface area contributed by atoms with Gasteiger partial charge in [0.15, 0.2) is 0 Å². The predicted molar refractivity (Wildman–Crippen MR) is 57.9 cm³/mol. The van der Waals surface area contributed by atoms with Crippen molar-refractivity contribution in [3.05, 3.63) is 18.2 Å². The first-order valence-corrected chi connectivity index (χ1v) is 5.02. The largest absolute Gasteiger partial charge is 0.348 e. The van der Waals surface area contributed by atoms with Crippen molar-refractivity contribution in [2.75, 3.05) is 0 Å². The van der Waals surface area contributed by atoms with E-state index in [1.807, 2.05) is 31.7 Å². The second-order valence-electron chi connectivity index (χ2n) is 3.94. The lowest BCUT2D eigenvalue weighted by Crippen LogP contribution is -2.43. The molecule has 5 nitrogen and oxygen atoms in total. The minimum atomic E-state index is -0.453. The number of aryl methyl sites for hydroxylation is 1. The Hall–Kier alpha value is -1.36. The third kappa shape index (κ3) is 3.06. The molecular formula is C10H18N4O. The number of carbonyl (C=O) groups is 1. The van der Waals surface area contributed by atoms with E-state index in [2.05, 4.69) is 10.3 Å². The SMILES string of the molecule is CC(C)[C@@H](N)C(=O)NCc1nccn1C. The number of hydrogen-bond acceptors (Lipinski definition) is 3. The Morgan fingerprint density at radius 3 is 2.80 bits per heavy atom. The van der Waals surface area contributed by atoms with Crippen LogP contribution in [-0.2, 0) is 18.4 Å². The third-order valence-corrected chi connectivity index (χ3v) is 2.36. The molecular weight excluding hydrogens is 192 g/mol. The highest BCUT2D eigenvalue weighted by molar-refractivity contribution is 5.81. The summed E-state index contributed by atoms with van der Waals surface area (Å²) >= 11 is 0. The molecule has 0 unspecified atom stereocenters. The van der Waals surface area contributed by atoms with E-state index in [-0.39, 0.29) is 11.8 Å². The molecule has 0 fully saturated rings. The molecule has 15 heavy (non-hydrogen) atoms. The standard InChI is InChI=1S/C10H18N4O/c1-7(2)9(11)10(15)13-6-8-12-4-5-14(8)3/h4-5,7,9H,6,11H2,1-3H3,(H,13,15)/t9-/m1/s1. The maximum absolute atomic E-state index is 11.5. The molecule has 3 N–H and O–H groups in total. The summed E-state index contributed by atoms with van der Waals surface area (Å²) in [5.41, 5.74) is 5.70. The maximum atomic E-state index is 11.5. The van der Waals surface area contributed by atoms with Gasteiger partial charge in [-0.15, -0.1) is 0 Å². The van der Waals surface area contributed by atoms with Crippen LogP contribution >= 0.6 is 0 Å². The molecule has 1 aromatic heterocycles. The molecule has 0 saturated carbocycles. The molecule has 0 bridgehead atoms. The average Bonchev–Trinajstić information content (AvgIpc) is 2.59. The molecule has 0 aliphatic rings. The Morgan fingerprint density at radius 2 is 2.33 bits per heavy atom. The fourth-order valence-electron chi connectivity index (χ4n) is 1.15. The fourth-order valence-corrected chi connectivity index (χ4v) is 1.15. The number of rotatable bonds is 4. The number of carbonyl (C=O) groups excluding carboxylic acids is 1. The molecule has 0 aliphatic heterocycles. The predicted octanol–water partition coefficient (Wildman–Crippen LogP) is 0.0196. The van der Waals surface area contributed by atoms with Crippen molar-refractivity contribution in [1.82, 2.24) is 14.9 Å². The van der Waals surface area contributed by atoms with E-state index in [9.17, 15) is 4.79 Å². The van der Waals surface area contributed by atoms with Crippen molar-refractivity contribution in [3.63, 3.8) is 0 Å². The summed E-state index contributed by atoms with van der Waals surface area (Å²) in [6.45, 7) is 4.26. The summed E-state index contributed by atoms with van der Waals surface area (Å²) in [4.78, 5) is 15.6. The molecule has 1 atom stereocenters. The summed E-state index contributed by atoms with van der Waals surface area (Å²) in [5, 5.41) is 2.76. The molecule has 0 saturated heterocycles. The zero-order chi connectivity index (χ0) is 11.4. The average molecular weight is 210 g/mol. The number of aromatic nitrogens is 2. The Morgan fingerprint density at radius 1 is 1.67 bits per heavy atom. The van der Waals surface area contributed by atoms with Gasteiger partial charge in [0.2, 0.25) is 5.91 Å². The second kappa shape index (κ2) is 4.93. The van der Waals surface area contributed by atoms with Gasteiger partial charge in [0.25, 0.3) is 0 Å². The maximum Gasteiger partial charge on any atom is 0.237 e. The van der Waals surface area contributed by atoms with Gasteiger partial charge in [-0.1, -0.05) is 13.8 Å². The van der Waals surface area contributed by atoms with Gasteiger partial charge in [-0.25, -0.2) is 4.98 Å². The number of hydrogen-bond donors (Lipinski definition) is 2. The molecule has 0 aliphatic carbocycles. The number of nitrogens with two attached hydrogens (primary N) is 1. The summed E-state index contributed by atoms with van der Waals surface area (Å²) in [6, 6.07) is -0.453. The summed E-state index contributed by atoms with van der Waals surface area (Å²) in [5.74, 6) is 0.832. The van der Waals surface area contributed by atoms with E-state index in [0.29, 0.717) is 6.54 Å². The quantitative estimate of drug-likeness (QED) is 0.735. The first-order chi connectivity index (χ1) is 7.02. The van der Waals surface area contributed by atoms with E-state index in [1.165, 1.54) is 0 Å². The molecule has 1 aromatic rings. The Balaban J connectivity index is 2.44. The monoisotopic (exact) mass is 210 g/mol. The van der Waals surface area contributed by atoms with E-state index in [1.54, 1.807) is 6.20 Å². The van der Waals surface area contributed by atoms with Gasteiger partial charge in [0.05, 0.1) is 12.6 Å². The van der Waals surface area contributed by atoms with E-state index in [0.717, 1.165) is 5.82 Å². The van der Waals surface area contributed by atoms with E-state index in [4.69, 9.17) is 5.73 Å². The number of nitrogens with one attached hydrogen (secondary N) is 1. The van der Waals surface area contributed by atoms with Crippen molar-refractivity contribution in [3.8, 4) is 0 Å². The fraction of sp³-hybridized carbons (Fsp3) is 0.600. The van der Waals surface area contributed by atoms with Crippen molar-refractivity contribution in [1.29, 1.82) is 0 Å². The van der Waals surface area contributed by atoms with Gasteiger partial charge in [0, 0.05) is 19.4 Å². The Labute approximate surface area is 89.7 Å². The van der Waals surface area contributed by atoms with Gasteiger partial charge in [-0.05, 0) is 5.92 Å². The molecule has 1 amide bonds. The van der Waals surface area contributed by atoms with Crippen molar-refractivity contribution in [2.45, 2.75) is 26.4 Å². The van der Waals surface area contributed by atoms with Crippen LogP contribution in [-0.4, -0.2) is 21.5 Å². The second-order valence-corrected chi connectivity index (χ2v) is 3.94. The number of nitrogens with zero attached hydrogens (tertiary/aromatic N) is 2. The summed E-state index contributed by atoms with van der Waals surface area (Å²) < 4.78 is 1.86. The molecule has 1 rings (SSSR count). The van der Waals surface area contributed by atoms with Crippen LogP contribution in [0, 0.1) is 5.92 Å². The van der Waals surface area contributed by atoms with Crippen LogP contribution < -0.4 is 11.1 Å². The van der Waals surface area contributed by atoms with Crippen molar-refractivity contribution >= 4 is 5.91 Å². The van der Waals surface area contributed by atoms with Crippen LogP contribution in [0.4, 0.5) is 0 Å². The molecule has 1 heterocycles. The highest BCUT2D eigenvalue weighted by Crippen LogP contribution is 1.99. The minimum Gasteiger partial charge on any atom is -0.348 e. The van der Waals surface area contributed by atoms with Crippen molar-refractivity contribution in [2.24, 2.45) is 18.7 Å². The van der Waals surface area contributed by atoms with Gasteiger partial charge in [-0.3, -0.25) is 4.79 Å². The van der Waals surface area contributed by atoms with Crippen LogP contribution in [0.3, 0.4) is 0 Å². The van der Waals surface area contributed by atoms with Gasteiger partial charge in [0.1, 0.15) is 5.82 Å². The smallest absolute Gasteiger partial charge is 0.237 e. The summed E-state index contributed by atoms with van der Waals surface area (Å²) in [7, 11) is 1.89. The van der Waals surface area contributed by atoms with E-state index >= 15 is 0 Å². The first-order valence-electron chi connectivity index (χ1n) is 5.02. The lowest BCUT2D eigenvalue weighted by Gasteiger charge is -2.15. The molecule has 84 valence electrons. The lowest BCUT2D eigenvalue weighted by molar-refractivity contribution is -0.123. The minimum absolute atomic E-state index is 0.131. The molecule has 0 radical (unpaired) electrons. The van der Waals surface area contributed by atoms with Gasteiger partial charge >= 0.3 is 0 Å². The highest BCUT2D eigenvalue weighted by atomic mass is 16.2.